The lowest BCUT2D eigenvalue weighted by molar-refractivity contribution is 0.720. The van der Waals surface area contributed by atoms with Gasteiger partial charge in [-0.1, -0.05) is 29.8 Å². The summed E-state index contributed by atoms with van der Waals surface area (Å²) in [6, 6.07) is 8.61. The van der Waals surface area contributed by atoms with Crippen LogP contribution in [0.4, 0.5) is 11.5 Å². The normalized spacial score (nSPS) is 17.1. The highest BCUT2D eigenvalue weighted by molar-refractivity contribution is 9.10. The first kappa shape index (κ1) is 13.8. The molecule has 0 amide bonds. The van der Waals surface area contributed by atoms with Crippen molar-refractivity contribution in [2.45, 2.75) is 12.5 Å². The van der Waals surface area contributed by atoms with Gasteiger partial charge in [0.2, 0.25) is 0 Å². The fourth-order valence-corrected chi connectivity index (χ4v) is 3.31. The van der Waals surface area contributed by atoms with Crippen LogP contribution < -0.4 is 10.6 Å². The molecule has 0 saturated heterocycles. The van der Waals surface area contributed by atoms with Crippen LogP contribution in [-0.2, 0) is 6.42 Å². The predicted molar refractivity (Wildman–Crippen MR) is 91.7 cm³/mol. The van der Waals surface area contributed by atoms with Crippen LogP contribution in [0, 0.1) is 0 Å². The minimum atomic E-state index is 0.246. The molecule has 4 rings (SSSR count). The van der Waals surface area contributed by atoms with E-state index in [0.29, 0.717) is 9.76 Å². The summed E-state index contributed by atoms with van der Waals surface area (Å²) in [4.78, 5) is 8.83. The van der Waals surface area contributed by atoms with E-state index >= 15 is 0 Å². The van der Waals surface area contributed by atoms with Crippen molar-refractivity contribution in [3.8, 4) is 0 Å². The van der Waals surface area contributed by atoms with Gasteiger partial charge in [-0.3, -0.25) is 4.40 Å². The van der Waals surface area contributed by atoms with Crippen LogP contribution in [0.5, 0.6) is 0 Å². The van der Waals surface area contributed by atoms with E-state index in [4.69, 9.17) is 11.6 Å². The number of fused-ring (bicyclic) bond motifs is 2. The fraction of sp³-hybridized carbons (Fsp3) is 0.200. The van der Waals surface area contributed by atoms with Gasteiger partial charge in [0.1, 0.15) is 9.76 Å². The molecular formula is C15H13BrClN5. The molecule has 1 aliphatic heterocycles. The first-order valence-electron chi connectivity index (χ1n) is 6.99. The molecule has 1 aliphatic rings. The van der Waals surface area contributed by atoms with E-state index in [1.54, 1.807) is 6.20 Å². The molecule has 0 saturated carbocycles. The molecular weight excluding hydrogens is 366 g/mol. The van der Waals surface area contributed by atoms with E-state index in [1.807, 2.05) is 16.7 Å². The molecule has 2 N–H and O–H groups in total. The molecule has 0 aliphatic carbocycles. The molecule has 0 bridgehead atoms. The minimum Gasteiger partial charge on any atom is -0.383 e. The summed E-state index contributed by atoms with van der Waals surface area (Å²) in [6.45, 7) is 0.839. The number of benzene rings is 1. The summed E-state index contributed by atoms with van der Waals surface area (Å²) in [6.07, 6.45) is 4.48. The molecule has 7 heteroatoms. The molecule has 1 atom stereocenters. The molecule has 112 valence electrons. The van der Waals surface area contributed by atoms with Crippen LogP contribution in [0.3, 0.4) is 0 Å². The van der Waals surface area contributed by atoms with Gasteiger partial charge < -0.3 is 10.6 Å². The van der Waals surface area contributed by atoms with Crippen LogP contribution in [-0.4, -0.2) is 27.0 Å². The molecule has 0 spiro atoms. The van der Waals surface area contributed by atoms with Crippen LogP contribution in [0.25, 0.3) is 5.65 Å². The van der Waals surface area contributed by atoms with Gasteiger partial charge in [0.15, 0.2) is 11.5 Å². The molecule has 1 aromatic carbocycles. The number of anilines is 2. The SMILES string of the molecule is Clc1c(Br)nc(N[C@@H]2CNc3ccccc3C2)c2nccn12. The van der Waals surface area contributed by atoms with E-state index in [-0.39, 0.29) is 6.04 Å². The van der Waals surface area contributed by atoms with E-state index in [1.165, 1.54) is 11.3 Å². The first-order valence-corrected chi connectivity index (χ1v) is 8.16. The van der Waals surface area contributed by atoms with Crippen molar-refractivity contribution in [2.24, 2.45) is 0 Å². The number of hydrogen-bond donors (Lipinski definition) is 2. The van der Waals surface area contributed by atoms with Gasteiger partial charge in [0, 0.05) is 30.7 Å². The topological polar surface area (TPSA) is 54.2 Å². The summed E-state index contributed by atoms with van der Waals surface area (Å²) >= 11 is 9.62. The smallest absolute Gasteiger partial charge is 0.181 e. The van der Waals surface area contributed by atoms with Crippen molar-refractivity contribution >= 4 is 44.7 Å². The maximum atomic E-state index is 6.22. The fourth-order valence-electron chi connectivity index (χ4n) is 2.76. The second-order valence-electron chi connectivity index (χ2n) is 5.25. The Kier molecular flexibility index (Phi) is 3.43. The molecule has 2 aromatic heterocycles. The number of nitrogens with one attached hydrogen (secondary N) is 2. The zero-order valence-electron chi connectivity index (χ0n) is 11.6. The number of hydrogen-bond acceptors (Lipinski definition) is 4. The van der Waals surface area contributed by atoms with Crippen LogP contribution >= 0.6 is 27.5 Å². The number of para-hydroxylation sites is 1. The van der Waals surface area contributed by atoms with E-state index in [0.717, 1.165) is 24.4 Å². The average Bonchev–Trinajstić information content (AvgIpc) is 3.02. The highest BCUT2D eigenvalue weighted by Crippen LogP contribution is 2.28. The van der Waals surface area contributed by atoms with Crippen molar-refractivity contribution in [3.63, 3.8) is 0 Å². The van der Waals surface area contributed by atoms with Crippen LogP contribution in [0.1, 0.15) is 5.56 Å². The van der Waals surface area contributed by atoms with Gasteiger partial charge in [-0.25, -0.2) is 9.97 Å². The summed E-state index contributed by atoms with van der Waals surface area (Å²) in [7, 11) is 0. The molecule has 0 unspecified atom stereocenters. The van der Waals surface area contributed by atoms with E-state index in [2.05, 4.69) is 54.7 Å². The summed E-state index contributed by atoms with van der Waals surface area (Å²) in [5.74, 6) is 0.729. The van der Waals surface area contributed by atoms with Gasteiger partial charge in [-0.15, -0.1) is 0 Å². The Bertz CT molecular complexity index is 847. The second-order valence-corrected chi connectivity index (χ2v) is 6.36. The van der Waals surface area contributed by atoms with E-state index < -0.39 is 0 Å². The Morgan fingerprint density at radius 1 is 1.36 bits per heavy atom. The minimum absolute atomic E-state index is 0.246. The second kappa shape index (κ2) is 5.44. The van der Waals surface area contributed by atoms with Gasteiger partial charge in [0.05, 0.1) is 0 Å². The predicted octanol–water partition coefficient (Wildman–Crippen LogP) is 3.59. The lowest BCUT2D eigenvalue weighted by Gasteiger charge is -2.27. The Labute approximate surface area is 140 Å². The summed E-state index contributed by atoms with van der Waals surface area (Å²) < 4.78 is 2.41. The van der Waals surface area contributed by atoms with Gasteiger partial charge in [0.25, 0.3) is 0 Å². The zero-order chi connectivity index (χ0) is 15.1. The van der Waals surface area contributed by atoms with Crippen molar-refractivity contribution in [1.29, 1.82) is 0 Å². The summed E-state index contributed by atoms with van der Waals surface area (Å²) in [5.41, 5.74) is 3.24. The molecule has 3 aromatic rings. The lowest BCUT2D eigenvalue weighted by Crippen LogP contribution is -2.35. The highest BCUT2D eigenvalue weighted by Gasteiger charge is 2.20. The van der Waals surface area contributed by atoms with Gasteiger partial charge in [-0.05, 0) is 34.0 Å². The number of halogens is 2. The number of imidazole rings is 1. The Morgan fingerprint density at radius 2 is 2.23 bits per heavy atom. The van der Waals surface area contributed by atoms with E-state index in [9.17, 15) is 0 Å². The van der Waals surface area contributed by atoms with Gasteiger partial charge >= 0.3 is 0 Å². The van der Waals surface area contributed by atoms with Crippen LogP contribution in [0.2, 0.25) is 5.15 Å². The number of rotatable bonds is 2. The van der Waals surface area contributed by atoms with Crippen molar-refractivity contribution < 1.29 is 0 Å². The number of aromatic nitrogens is 3. The third-order valence-electron chi connectivity index (χ3n) is 3.81. The van der Waals surface area contributed by atoms with Crippen molar-refractivity contribution in [2.75, 3.05) is 17.2 Å². The summed E-state index contributed by atoms with van der Waals surface area (Å²) in [5, 5.41) is 7.44. The molecule has 22 heavy (non-hydrogen) atoms. The zero-order valence-corrected chi connectivity index (χ0v) is 13.9. The Morgan fingerprint density at radius 3 is 3.14 bits per heavy atom. The molecule has 0 fully saturated rings. The third-order valence-corrected chi connectivity index (χ3v) is 4.95. The largest absolute Gasteiger partial charge is 0.383 e. The highest BCUT2D eigenvalue weighted by atomic mass is 79.9. The first-order chi connectivity index (χ1) is 10.7. The van der Waals surface area contributed by atoms with Crippen molar-refractivity contribution in [1.82, 2.24) is 14.4 Å². The maximum absolute atomic E-state index is 6.22. The Balaban J connectivity index is 1.65. The van der Waals surface area contributed by atoms with Crippen LogP contribution in [0.15, 0.2) is 41.3 Å². The lowest BCUT2D eigenvalue weighted by atomic mass is 10.00. The maximum Gasteiger partial charge on any atom is 0.181 e. The Hall–Kier alpha value is -1.79. The molecule has 0 radical (unpaired) electrons. The van der Waals surface area contributed by atoms with Gasteiger partial charge in [-0.2, -0.15) is 0 Å². The monoisotopic (exact) mass is 377 g/mol. The third kappa shape index (κ3) is 2.32. The molecule has 3 heterocycles. The van der Waals surface area contributed by atoms with Crippen molar-refractivity contribution in [3.05, 3.63) is 52.0 Å². The number of nitrogens with zero attached hydrogens (tertiary/aromatic N) is 3. The standard InChI is InChI=1S/C15H13BrClN5/c16-12-13(17)22-6-5-18-15(22)14(21-12)20-10-7-9-3-1-2-4-11(9)19-8-10/h1-6,10,19H,7-8H2,(H,20,21)/t10-/m0/s1. The average molecular weight is 379 g/mol. The quantitative estimate of drug-likeness (QED) is 0.715. The molecule has 5 nitrogen and oxygen atoms in total.